The van der Waals surface area contributed by atoms with E-state index in [9.17, 15) is 9.46 Å². The van der Waals surface area contributed by atoms with Crippen LogP contribution in [0.1, 0.15) is 58.3 Å². The summed E-state index contributed by atoms with van der Waals surface area (Å²) in [4.78, 5) is 9.93. The van der Waals surface area contributed by atoms with Gasteiger partial charge in [-0.05, 0) is 25.7 Å². The molecule has 1 heterocycles. The lowest BCUT2D eigenvalue weighted by molar-refractivity contribution is -0.870. The first-order valence-electron chi connectivity index (χ1n) is 11.0. The lowest BCUT2D eigenvalue weighted by Crippen LogP contribution is -2.37. The van der Waals surface area contributed by atoms with Gasteiger partial charge in [0.1, 0.15) is 19.3 Å². The summed E-state index contributed by atoms with van der Waals surface area (Å²) in [6.07, 6.45) is 7.92. The highest BCUT2D eigenvalue weighted by molar-refractivity contribution is 7.47. The van der Waals surface area contributed by atoms with Crippen LogP contribution in [0.15, 0.2) is 0 Å². The van der Waals surface area contributed by atoms with E-state index in [0.29, 0.717) is 30.8 Å². The van der Waals surface area contributed by atoms with Crippen LogP contribution >= 0.6 is 7.82 Å². The SMILES string of the molecule is CCCCCCCOCC(COP(=O)(O)OCC[N+](C)(C)C)OC1CCCCO1. The summed E-state index contributed by atoms with van der Waals surface area (Å²) in [6.45, 7) is 4.47. The fraction of sp³-hybridized carbons (Fsp3) is 1.00. The van der Waals surface area contributed by atoms with Crippen LogP contribution in [0.3, 0.4) is 0 Å². The lowest BCUT2D eigenvalue weighted by Gasteiger charge is -2.28. The van der Waals surface area contributed by atoms with Gasteiger partial charge in [0.05, 0.1) is 34.4 Å². The average Bonchev–Trinajstić information content (AvgIpc) is 2.65. The molecule has 0 aliphatic carbocycles. The third-order valence-corrected chi connectivity index (χ3v) is 5.60. The Morgan fingerprint density at radius 3 is 2.48 bits per heavy atom. The monoisotopic (exact) mass is 440 g/mol. The molecule has 0 amide bonds. The van der Waals surface area contributed by atoms with Gasteiger partial charge in [0.2, 0.25) is 0 Å². The zero-order chi connectivity index (χ0) is 21.6. The van der Waals surface area contributed by atoms with Crippen LogP contribution in [0, 0.1) is 0 Å². The zero-order valence-corrected chi connectivity index (χ0v) is 19.7. The van der Waals surface area contributed by atoms with Crippen LogP contribution in [0.2, 0.25) is 0 Å². The van der Waals surface area contributed by atoms with Crippen molar-refractivity contribution in [3.8, 4) is 0 Å². The summed E-state index contributed by atoms with van der Waals surface area (Å²) in [5.41, 5.74) is 0. The number of quaternary nitrogens is 1. The molecular weight excluding hydrogens is 397 g/mol. The molecule has 1 N–H and O–H groups in total. The predicted octanol–water partition coefficient (Wildman–Crippen LogP) is 3.73. The lowest BCUT2D eigenvalue weighted by atomic mass is 10.2. The third kappa shape index (κ3) is 15.4. The van der Waals surface area contributed by atoms with E-state index in [1.165, 1.54) is 19.3 Å². The molecule has 0 aromatic rings. The van der Waals surface area contributed by atoms with Crippen molar-refractivity contribution in [3.63, 3.8) is 0 Å². The Morgan fingerprint density at radius 1 is 1.07 bits per heavy atom. The summed E-state index contributed by atoms with van der Waals surface area (Å²) in [7, 11) is 1.83. The predicted molar refractivity (Wildman–Crippen MR) is 113 cm³/mol. The molecule has 9 heteroatoms. The Balaban J connectivity index is 2.38. The van der Waals surface area contributed by atoms with Crippen molar-refractivity contribution < 1.29 is 37.2 Å². The number of phosphoric acid groups is 1. The molecule has 1 rings (SSSR count). The van der Waals surface area contributed by atoms with Crippen LogP contribution in [0.4, 0.5) is 0 Å². The number of hydrogen-bond donors (Lipinski definition) is 1. The number of ether oxygens (including phenoxy) is 3. The normalized spacial score (nSPS) is 21.1. The third-order valence-electron chi connectivity index (χ3n) is 4.62. The Kier molecular flexibility index (Phi) is 13.8. The number of hydrogen-bond acceptors (Lipinski definition) is 6. The van der Waals surface area contributed by atoms with Crippen molar-refractivity contribution in [1.29, 1.82) is 0 Å². The van der Waals surface area contributed by atoms with Gasteiger partial charge in [-0.3, -0.25) is 9.05 Å². The largest absolute Gasteiger partial charge is 0.472 e. The highest BCUT2D eigenvalue weighted by Gasteiger charge is 2.27. The van der Waals surface area contributed by atoms with Crippen molar-refractivity contribution in [1.82, 2.24) is 0 Å². The second-order valence-corrected chi connectivity index (χ2v) is 10.1. The van der Waals surface area contributed by atoms with E-state index in [0.717, 1.165) is 32.1 Å². The topological polar surface area (TPSA) is 83.5 Å². The molecule has 8 nitrogen and oxygen atoms in total. The molecule has 1 aliphatic heterocycles. The molecule has 0 spiro atoms. The van der Waals surface area contributed by atoms with Crippen LogP contribution in [-0.4, -0.2) is 82.5 Å². The van der Waals surface area contributed by atoms with Gasteiger partial charge in [-0.2, -0.15) is 0 Å². The molecular formula is C20H43NO7P+. The summed E-state index contributed by atoms with van der Waals surface area (Å²) in [6, 6.07) is 0. The average molecular weight is 441 g/mol. The van der Waals surface area contributed by atoms with E-state index in [1.807, 2.05) is 21.1 Å². The summed E-state index contributed by atoms with van der Waals surface area (Å²) in [5, 5.41) is 0. The van der Waals surface area contributed by atoms with Gasteiger partial charge in [0.15, 0.2) is 6.29 Å². The van der Waals surface area contributed by atoms with Crippen molar-refractivity contribution in [2.45, 2.75) is 70.7 Å². The first-order chi connectivity index (χ1) is 13.7. The van der Waals surface area contributed by atoms with Crippen molar-refractivity contribution in [3.05, 3.63) is 0 Å². The van der Waals surface area contributed by atoms with E-state index >= 15 is 0 Å². The molecule has 1 aliphatic rings. The number of nitrogens with zero attached hydrogens (tertiary/aromatic N) is 1. The Morgan fingerprint density at radius 2 is 1.83 bits per heavy atom. The van der Waals surface area contributed by atoms with Gasteiger partial charge in [-0.15, -0.1) is 0 Å². The maximum Gasteiger partial charge on any atom is 0.472 e. The number of phosphoric ester groups is 1. The van der Waals surface area contributed by atoms with Gasteiger partial charge >= 0.3 is 7.82 Å². The van der Waals surface area contributed by atoms with E-state index in [4.69, 9.17) is 23.3 Å². The molecule has 1 fully saturated rings. The second-order valence-electron chi connectivity index (χ2n) is 8.65. The van der Waals surface area contributed by atoms with Crippen LogP contribution in [-0.2, 0) is 27.8 Å². The van der Waals surface area contributed by atoms with E-state index < -0.39 is 13.9 Å². The highest BCUT2D eigenvalue weighted by Crippen LogP contribution is 2.43. The minimum atomic E-state index is -4.13. The van der Waals surface area contributed by atoms with Gasteiger partial charge in [0, 0.05) is 13.2 Å². The molecule has 0 saturated carbocycles. The van der Waals surface area contributed by atoms with Crippen LogP contribution in [0.25, 0.3) is 0 Å². The molecule has 0 radical (unpaired) electrons. The van der Waals surface area contributed by atoms with Crippen LogP contribution < -0.4 is 0 Å². The molecule has 0 bridgehead atoms. The summed E-state index contributed by atoms with van der Waals surface area (Å²) < 4.78 is 40.3. The van der Waals surface area contributed by atoms with Gasteiger partial charge in [0.25, 0.3) is 0 Å². The summed E-state index contributed by atoms with van der Waals surface area (Å²) in [5.74, 6) is 0. The molecule has 3 atom stereocenters. The number of likely N-dealkylation sites (N-methyl/N-ethyl adjacent to an activating group) is 1. The Hall–Kier alpha value is -0.0500. The molecule has 1 saturated heterocycles. The van der Waals surface area contributed by atoms with Crippen molar-refractivity contribution in [2.75, 3.05) is 60.7 Å². The Bertz CT molecular complexity index is 453. The highest BCUT2D eigenvalue weighted by atomic mass is 31.2. The second kappa shape index (κ2) is 14.9. The maximum absolute atomic E-state index is 12.1. The molecule has 174 valence electrons. The molecule has 0 aromatic carbocycles. The number of rotatable bonds is 17. The molecule has 29 heavy (non-hydrogen) atoms. The maximum atomic E-state index is 12.1. The van der Waals surface area contributed by atoms with Crippen molar-refractivity contribution in [2.24, 2.45) is 0 Å². The fourth-order valence-corrected chi connectivity index (χ4v) is 3.57. The van der Waals surface area contributed by atoms with Gasteiger partial charge in [-0.1, -0.05) is 32.6 Å². The van der Waals surface area contributed by atoms with E-state index in [-0.39, 0.29) is 19.5 Å². The van der Waals surface area contributed by atoms with Gasteiger partial charge < -0.3 is 23.6 Å². The fourth-order valence-electron chi connectivity index (χ4n) is 2.83. The molecule has 0 aromatic heterocycles. The quantitative estimate of drug-likeness (QED) is 0.210. The Labute approximate surface area is 177 Å². The van der Waals surface area contributed by atoms with Crippen LogP contribution in [0.5, 0.6) is 0 Å². The molecule has 3 unspecified atom stereocenters. The first-order valence-corrected chi connectivity index (χ1v) is 12.5. The minimum absolute atomic E-state index is 0.0755. The van der Waals surface area contributed by atoms with Crippen molar-refractivity contribution >= 4 is 7.82 Å². The minimum Gasteiger partial charge on any atom is -0.379 e. The standard InChI is InChI=1S/C20H42NO7P/c1-5-6-7-8-10-14-24-17-19(28-20-12-9-11-15-25-20)18-27-29(22,23)26-16-13-21(2,3)4/h19-20H,5-18H2,1-4H3/p+1. The van der Waals surface area contributed by atoms with E-state index in [1.54, 1.807) is 0 Å². The smallest absolute Gasteiger partial charge is 0.379 e. The summed E-state index contributed by atoms with van der Waals surface area (Å²) >= 11 is 0. The number of unbranched alkanes of at least 4 members (excludes halogenated alkanes) is 4. The van der Waals surface area contributed by atoms with E-state index in [2.05, 4.69) is 6.92 Å². The van der Waals surface area contributed by atoms with Gasteiger partial charge in [-0.25, -0.2) is 4.57 Å². The zero-order valence-electron chi connectivity index (χ0n) is 18.8. The first kappa shape index (κ1) is 27.0.